The van der Waals surface area contributed by atoms with Gasteiger partial charge in [0.1, 0.15) is 5.76 Å². The summed E-state index contributed by atoms with van der Waals surface area (Å²) in [6.07, 6.45) is 0. The fourth-order valence-electron chi connectivity index (χ4n) is 1.01. The molecule has 0 amide bonds. The molecular formula is C9H7IO2. The maximum Gasteiger partial charge on any atom is 0.170 e. The van der Waals surface area contributed by atoms with E-state index in [1.807, 2.05) is 31.2 Å². The molecule has 2 rings (SSSR count). The zero-order valence-corrected chi connectivity index (χ0v) is 8.66. The van der Waals surface area contributed by atoms with E-state index in [1.54, 1.807) is 0 Å². The molecule has 0 aliphatic carbocycles. The van der Waals surface area contributed by atoms with Crippen LogP contribution in [-0.4, -0.2) is 0 Å². The average Bonchev–Trinajstić information content (AvgIpc) is 2.58. The normalized spacial score (nSPS) is 10.5. The first kappa shape index (κ1) is 7.91. The molecule has 0 unspecified atom stereocenters. The molecule has 3 heteroatoms. The molecule has 62 valence electrons. The van der Waals surface area contributed by atoms with Crippen LogP contribution in [0.4, 0.5) is 0 Å². The highest BCUT2D eigenvalue weighted by Gasteiger charge is 2.05. The van der Waals surface area contributed by atoms with Gasteiger partial charge in [-0.15, -0.1) is 0 Å². The Morgan fingerprint density at radius 3 is 2.17 bits per heavy atom. The van der Waals surface area contributed by atoms with Crippen LogP contribution in [0.5, 0.6) is 0 Å². The Balaban J connectivity index is 2.43. The van der Waals surface area contributed by atoms with Gasteiger partial charge in [0, 0.05) is 0 Å². The van der Waals surface area contributed by atoms with Crippen molar-refractivity contribution in [2.75, 3.05) is 0 Å². The van der Waals surface area contributed by atoms with Crippen LogP contribution in [0.15, 0.2) is 33.1 Å². The third-order valence-electron chi connectivity index (χ3n) is 1.56. The summed E-state index contributed by atoms with van der Waals surface area (Å²) in [6.45, 7) is 1.91. The zero-order valence-electron chi connectivity index (χ0n) is 6.50. The summed E-state index contributed by atoms with van der Waals surface area (Å²) in [5.41, 5.74) is 0. The number of hydrogen-bond donors (Lipinski definition) is 0. The van der Waals surface area contributed by atoms with Crippen LogP contribution in [0.2, 0.25) is 0 Å². The summed E-state index contributed by atoms with van der Waals surface area (Å²) in [6, 6.07) is 7.64. The second kappa shape index (κ2) is 2.97. The van der Waals surface area contributed by atoms with Gasteiger partial charge >= 0.3 is 0 Å². The number of furan rings is 2. The van der Waals surface area contributed by atoms with Gasteiger partial charge in [0.15, 0.2) is 15.3 Å². The summed E-state index contributed by atoms with van der Waals surface area (Å²) in [5.74, 6) is 2.47. The average molecular weight is 274 g/mol. The molecule has 0 aromatic carbocycles. The lowest BCUT2D eigenvalue weighted by Crippen LogP contribution is -1.64. The van der Waals surface area contributed by atoms with Gasteiger partial charge in [-0.25, -0.2) is 0 Å². The molecule has 0 saturated carbocycles. The molecule has 2 heterocycles. The van der Waals surface area contributed by atoms with Crippen LogP contribution in [0.3, 0.4) is 0 Å². The van der Waals surface area contributed by atoms with Crippen molar-refractivity contribution in [1.82, 2.24) is 0 Å². The van der Waals surface area contributed by atoms with Crippen molar-refractivity contribution < 1.29 is 8.83 Å². The quantitative estimate of drug-likeness (QED) is 0.744. The lowest BCUT2D eigenvalue weighted by Gasteiger charge is -1.87. The summed E-state index contributed by atoms with van der Waals surface area (Å²) in [5, 5.41) is 0. The van der Waals surface area contributed by atoms with Crippen LogP contribution in [0, 0.1) is 10.7 Å². The molecule has 0 radical (unpaired) electrons. The van der Waals surface area contributed by atoms with E-state index in [0.29, 0.717) is 0 Å². The van der Waals surface area contributed by atoms with Crippen molar-refractivity contribution in [3.05, 3.63) is 33.8 Å². The van der Waals surface area contributed by atoms with E-state index in [0.717, 1.165) is 21.0 Å². The molecule has 0 N–H and O–H groups in total. The van der Waals surface area contributed by atoms with Crippen LogP contribution in [-0.2, 0) is 0 Å². The smallest absolute Gasteiger partial charge is 0.170 e. The minimum atomic E-state index is 0.785. The zero-order chi connectivity index (χ0) is 8.55. The first-order valence-corrected chi connectivity index (χ1v) is 4.66. The topological polar surface area (TPSA) is 26.3 Å². The van der Waals surface area contributed by atoms with Crippen molar-refractivity contribution >= 4 is 22.6 Å². The first-order chi connectivity index (χ1) is 5.75. The summed E-state index contributed by atoms with van der Waals surface area (Å²) >= 11 is 2.13. The van der Waals surface area contributed by atoms with Gasteiger partial charge in [0.2, 0.25) is 0 Å². The van der Waals surface area contributed by atoms with Gasteiger partial charge in [-0.2, -0.15) is 0 Å². The fraction of sp³-hybridized carbons (Fsp3) is 0.111. The molecule has 2 aromatic heterocycles. The van der Waals surface area contributed by atoms with Gasteiger partial charge in [0.25, 0.3) is 0 Å². The van der Waals surface area contributed by atoms with Gasteiger partial charge in [-0.3, -0.25) is 0 Å². The van der Waals surface area contributed by atoms with E-state index in [4.69, 9.17) is 8.83 Å². The molecule has 2 aromatic rings. The van der Waals surface area contributed by atoms with E-state index in [2.05, 4.69) is 22.6 Å². The highest BCUT2D eigenvalue weighted by molar-refractivity contribution is 14.1. The summed E-state index contributed by atoms with van der Waals surface area (Å²) in [7, 11) is 0. The standard InChI is InChI=1S/C9H7IO2/c1-6-2-3-7(11-6)8-4-5-9(10)12-8/h2-5H,1H3. The molecule has 0 aliphatic rings. The van der Waals surface area contributed by atoms with Crippen LogP contribution >= 0.6 is 22.6 Å². The van der Waals surface area contributed by atoms with E-state index in [9.17, 15) is 0 Å². The van der Waals surface area contributed by atoms with E-state index in [1.165, 1.54) is 0 Å². The number of halogens is 1. The Bertz CT molecular complexity index is 348. The van der Waals surface area contributed by atoms with E-state index < -0.39 is 0 Å². The predicted octanol–water partition coefficient (Wildman–Crippen LogP) is 3.45. The van der Waals surface area contributed by atoms with Crippen LogP contribution in [0.25, 0.3) is 11.5 Å². The molecule has 0 spiro atoms. The maximum atomic E-state index is 5.39. The molecule has 12 heavy (non-hydrogen) atoms. The minimum Gasteiger partial charge on any atom is -0.458 e. The Labute approximate surface area is 83.7 Å². The molecule has 0 fully saturated rings. The molecular weight excluding hydrogens is 267 g/mol. The first-order valence-electron chi connectivity index (χ1n) is 3.58. The highest BCUT2D eigenvalue weighted by Crippen LogP contribution is 2.24. The third-order valence-corrected chi connectivity index (χ3v) is 2.14. The Hall–Kier alpha value is -0.710. The van der Waals surface area contributed by atoms with Crippen molar-refractivity contribution in [1.29, 1.82) is 0 Å². The van der Waals surface area contributed by atoms with Gasteiger partial charge in [-0.05, 0) is 53.8 Å². The minimum absolute atomic E-state index is 0.785. The van der Waals surface area contributed by atoms with Crippen molar-refractivity contribution in [2.45, 2.75) is 6.92 Å². The number of hydrogen-bond acceptors (Lipinski definition) is 2. The molecule has 2 nitrogen and oxygen atoms in total. The SMILES string of the molecule is Cc1ccc(-c2ccc(I)o2)o1. The van der Waals surface area contributed by atoms with Gasteiger partial charge in [-0.1, -0.05) is 0 Å². The molecule has 0 atom stereocenters. The van der Waals surface area contributed by atoms with Crippen LogP contribution < -0.4 is 0 Å². The van der Waals surface area contributed by atoms with E-state index >= 15 is 0 Å². The van der Waals surface area contributed by atoms with E-state index in [-0.39, 0.29) is 0 Å². The lowest BCUT2D eigenvalue weighted by molar-refractivity contribution is 0.496. The Morgan fingerprint density at radius 1 is 1.00 bits per heavy atom. The Morgan fingerprint density at radius 2 is 1.67 bits per heavy atom. The van der Waals surface area contributed by atoms with Crippen molar-refractivity contribution in [2.24, 2.45) is 0 Å². The monoisotopic (exact) mass is 274 g/mol. The number of rotatable bonds is 1. The van der Waals surface area contributed by atoms with Crippen LogP contribution in [0.1, 0.15) is 5.76 Å². The lowest BCUT2D eigenvalue weighted by atomic mass is 10.3. The van der Waals surface area contributed by atoms with Gasteiger partial charge < -0.3 is 8.83 Å². The molecule has 0 bridgehead atoms. The van der Waals surface area contributed by atoms with Crippen molar-refractivity contribution in [3.63, 3.8) is 0 Å². The van der Waals surface area contributed by atoms with Gasteiger partial charge in [0.05, 0.1) is 0 Å². The maximum absolute atomic E-state index is 5.39. The summed E-state index contributed by atoms with van der Waals surface area (Å²) in [4.78, 5) is 0. The van der Waals surface area contributed by atoms with Crippen molar-refractivity contribution in [3.8, 4) is 11.5 Å². The second-order valence-electron chi connectivity index (χ2n) is 2.51. The molecule has 0 saturated heterocycles. The third kappa shape index (κ3) is 1.41. The summed E-state index contributed by atoms with van der Waals surface area (Å²) < 4.78 is 11.6. The Kier molecular flexibility index (Phi) is 1.96. The fourth-order valence-corrected chi connectivity index (χ4v) is 1.43. The predicted molar refractivity (Wildman–Crippen MR) is 53.9 cm³/mol. The molecule has 0 aliphatic heterocycles. The highest BCUT2D eigenvalue weighted by atomic mass is 127. The largest absolute Gasteiger partial charge is 0.458 e. The number of aryl methyl sites for hydroxylation is 1. The second-order valence-corrected chi connectivity index (χ2v) is 3.58.